The fraction of sp³-hybridized carbons (Fsp3) is 0.200. The molecule has 0 aliphatic carbocycles. The zero-order valence-corrected chi connectivity index (χ0v) is 9.38. The SMILES string of the molecule is COC(=O)c1cc(F)c(C)c(/C=N/O)c1Cl. The van der Waals surface area contributed by atoms with Crippen LogP contribution in [0.5, 0.6) is 0 Å². The Morgan fingerprint density at radius 2 is 2.31 bits per heavy atom. The van der Waals surface area contributed by atoms with Crippen molar-refractivity contribution in [2.24, 2.45) is 5.16 Å². The van der Waals surface area contributed by atoms with E-state index in [2.05, 4.69) is 9.89 Å². The van der Waals surface area contributed by atoms with Crippen LogP contribution in [0.25, 0.3) is 0 Å². The van der Waals surface area contributed by atoms with Gasteiger partial charge in [0.15, 0.2) is 0 Å². The summed E-state index contributed by atoms with van der Waals surface area (Å²) in [6, 6.07) is 0.984. The molecule has 0 radical (unpaired) electrons. The van der Waals surface area contributed by atoms with Crippen LogP contribution in [0.4, 0.5) is 4.39 Å². The molecule has 1 aromatic rings. The van der Waals surface area contributed by atoms with Crippen LogP contribution in [0.2, 0.25) is 5.02 Å². The lowest BCUT2D eigenvalue weighted by Gasteiger charge is -2.08. The molecule has 86 valence electrons. The summed E-state index contributed by atoms with van der Waals surface area (Å²) in [5, 5.41) is 11.2. The van der Waals surface area contributed by atoms with Crippen molar-refractivity contribution >= 4 is 23.8 Å². The van der Waals surface area contributed by atoms with Gasteiger partial charge in [-0.05, 0) is 18.6 Å². The Labute approximate surface area is 96.3 Å². The van der Waals surface area contributed by atoms with Crippen LogP contribution in [0.1, 0.15) is 21.5 Å². The van der Waals surface area contributed by atoms with E-state index in [0.29, 0.717) is 0 Å². The summed E-state index contributed by atoms with van der Waals surface area (Å²) in [5.41, 5.74) is 0.224. The van der Waals surface area contributed by atoms with E-state index < -0.39 is 11.8 Å². The Morgan fingerprint density at radius 3 is 2.81 bits per heavy atom. The average Bonchev–Trinajstić information content (AvgIpc) is 2.28. The quantitative estimate of drug-likeness (QED) is 0.377. The van der Waals surface area contributed by atoms with Gasteiger partial charge in [0.25, 0.3) is 0 Å². The van der Waals surface area contributed by atoms with Crippen LogP contribution in [0, 0.1) is 12.7 Å². The van der Waals surface area contributed by atoms with Gasteiger partial charge < -0.3 is 9.94 Å². The Balaban J connectivity index is 3.49. The van der Waals surface area contributed by atoms with Gasteiger partial charge in [-0.25, -0.2) is 9.18 Å². The Bertz CT molecular complexity index is 460. The van der Waals surface area contributed by atoms with Gasteiger partial charge in [-0.2, -0.15) is 0 Å². The zero-order chi connectivity index (χ0) is 12.3. The number of carbonyl (C=O) groups is 1. The number of oxime groups is 1. The minimum absolute atomic E-state index is 0.0106. The second kappa shape index (κ2) is 4.94. The second-order valence-corrected chi connectivity index (χ2v) is 3.37. The molecule has 0 bridgehead atoms. The lowest BCUT2D eigenvalue weighted by molar-refractivity contribution is 0.0600. The highest BCUT2D eigenvalue weighted by Crippen LogP contribution is 2.26. The van der Waals surface area contributed by atoms with Crippen molar-refractivity contribution in [2.45, 2.75) is 6.92 Å². The molecule has 1 N–H and O–H groups in total. The molecule has 0 unspecified atom stereocenters. The van der Waals surface area contributed by atoms with Crippen molar-refractivity contribution in [1.29, 1.82) is 0 Å². The van der Waals surface area contributed by atoms with Gasteiger partial charge in [0, 0.05) is 5.56 Å². The minimum Gasteiger partial charge on any atom is -0.465 e. The zero-order valence-electron chi connectivity index (χ0n) is 8.62. The largest absolute Gasteiger partial charge is 0.465 e. The van der Waals surface area contributed by atoms with Crippen molar-refractivity contribution in [3.63, 3.8) is 0 Å². The van der Waals surface area contributed by atoms with Gasteiger partial charge in [0.05, 0.1) is 23.9 Å². The number of hydrogen-bond acceptors (Lipinski definition) is 4. The van der Waals surface area contributed by atoms with Gasteiger partial charge in [0.1, 0.15) is 5.82 Å². The molecule has 0 saturated heterocycles. The summed E-state index contributed by atoms with van der Waals surface area (Å²) in [4.78, 5) is 11.3. The minimum atomic E-state index is -0.753. The fourth-order valence-corrected chi connectivity index (χ4v) is 1.53. The first-order chi connectivity index (χ1) is 7.52. The number of hydrogen-bond donors (Lipinski definition) is 1. The fourth-order valence-electron chi connectivity index (χ4n) is 1.21. The summed E-state index contributed by atoms with van der Waals surface area (Å²) >= 11 is 5.87. The lowest BCUT2D eigenvalue weighted by atomic mass is 10.0. The van der Waals surface area contributed by atoms with Gasteiger partial charge in [-0.15, -0.1) is 0 Å². The highest BCUT2D eigenvalue weighted by atomic mass is 35.5. The number of halogens is 2. The molecule has 6 heteroatoms. The first-order valence-corrected chi connectivity index (χ1v) is 4.65. The monoisotopic (exact) mass is 245 g/mol. The molecule has 0 fully saturated rings. The number of rotatable bonds is 2. The van der Waals surface area contributed by atoms with Crippen molar-refractivity contribution in [3.05, 3.63) is 33.6 Å². The second-order valence-electron chi connectivity index (χ2n) is 2.99. The summed E-state index contributed by atoms with van der Waals surface area (Å²) in [6.07, 6.45) is 0.965. The number of carbonyl (C=O) groups excluding carboxylic acids is 1. The number of nitrogens with zero attached hydrogens (tertiary/aromatic N) is 1. The Morgan fingerprint density at radius 1 is 1.69 bits per heavy atom. The standard InChI is InChI=1S/C10H9ClFNO3/c1-5-7(4-13-15)9(11)6(3-8(5)12)10(14)16-2/h3-4,15H,1-2H3/b13-4+. The first kappa shape index (κ1) is 12.4. The number of methoxy groups -OCH3 is 1. The molecule has 0 aromatic heterocycles. The normalized spacial score (nSPS) is 10.8. The summed E-state index contributed by atoms with van der Waals surface area (Å²) in [5.74, 6) is -1.38. The van der Waals surface area contributed by atoms with E-state index in [-0.39, 0.29) is 21.7 Å². The van der Waals surface area contributed by atoms with Crippen molar-refractivity contribution in [3.8, 4) is 0 Å². The van der Waals surface area contributed by atoms with Crippen molar-refractivity contribution < 1.29 is 19.1 Å². The van der Waals surface area contributed by atoms with Crippen LogP contribution < -0.4 is 0 Å². The Kier molecular flexibility index (Phi) is 3.84. The molecule has 1 aromatic carbocycles. The van der Waals surface area contributed by atoms with E-state index in [0.717, 1.165) is 19.4 Å². The molecule has 0 spiro atoms. The highest BCUT2D eigenvalue weighted by Gasteiger charge is 2.18. The van der Waals surface area contributed by atoms with Crippen molar-refractivity contribution in [1.82, 2.24) is 0 Å². The highest BCUT2D eigenvalue weighted by molar-refractivity contribution is 6.36. The molecule has 0 heterocycles. The third-order valence-corrected chi connectivity index (χ3v) is 2.51. The lowest BCUT2D eigenvalue weighted by Crippen LogP contribution is -2.06. The summed E-state index contributed by atoms with van der Waals surface area (Å²) < 4.78 is 17.9. The predicted molar refractivity (Wildman–Crippen MR) is 56.9 cm³/mol. The van der Waals surface area contributed by atoms with Gasteiger partial charge in [-0.3, -0.25) is 0 Å². The number of esters is 1. The van der Waals surface area contributed by atoms with E-state index in [1.54, 1.807) is 0 Å². The average molecular weight is 246 g/mol. The molecular weight excluding hydrogens is 237 g/mol. The molecule has 0 aliphatic heterocycles. The molecule has 4 nitrogen and oxygen atoms in total. The molecule has 1 rings (SSSR count). The van der Waals surface area contributed by atoms with E-state index in [1.165, 1.54) is 6.92 Å². The molecule has 0 amide bonds. The third kappa shape index (κ3) is 2.14. The maximum atomic E-state index is 13.4. The van der Waals surface area contributed by atoms with Crippen LogP contribution >= 0.6 is 11.6 Å². The van der Waals surface area contributed by atoms with E-state index in [4.69, 9.17) is 16.8 Å². The maximum absolute atomic E-state index is 13.4. The smallest absolute Gasteiger partial charge is 0.339 e. The summed E-state index contributed by atoms with van der Waals surface area (Å²) in [7, 11) is 1.16. The molecule has 0 aliphatic rings. The van der Waals surface area contributed by atoms with Crippen LogP contribution in [-0.2, 0) is 4.74 Å². The molecule has 0 saturated carbocycles. The summed E-state index contributed by atoms with van der Waals surface area (Å²) in [6.45, 7) is 1.46. The van der Waals surface area contributed by atoms with E-state index in [9.17, 15) is 9.18 Å². The maximum Gasteiger partial charge on any atom is 0.339 e. The topological polar surface area (TPSA) is 58.9 Å². The van der Waals surface area contributed by atoms with Gasteiger partial charge in [0.2, 0.25) is 0 Å². The van der Waals surface area contributed by atoms with Gasteiger partial charge >= 0.3 is 5.97 Å². The first-order valence-electron chi connectivity index (χ1n) is 4.27. The van der Waals surface area contributed by atoms with Crippen LogP contribution in [0.3, 0.4) is 0 Å². The van der Waals surface area contributed by atoms with Crippen LogP contribution in [0.15, 0.2) is 11.2 Å². The van der Waals surface area contributed by atoms with Gasteiger partial charge in [-0.1, -0.05) is 16.8 Å². The Hall–Kier alpha value is -1.62. The molecule has 0 atom stereocenters. The number of ether oxygens (including phenoxy) is 1. The van der Waals surface area contributed by atoms with Crippen LogP contribution in [-0.4, -0.2) is 24.5 Å². The van der Waals surface area contributed by atoms with E-state index >= 15 is 0 Å². The number of benzene rings is 1. The van der Waals surface area contributed by atoms with Crippen molar-refractivity contribution in [2.75, 3.05) is 7.11 Å². The third-order valence-electron chi connectivity index (χ3n) is 2.10. The van der Waals surface area contributed by atoms with E-state index in [1.807, 2.05) is 0 Å². The molecule has 16 heavy (non-hydrogen) atoms. The predicted octanol–water partition coefficient (Wildman–Crippen LogP) is 2.38. The molecular formula is C10H9ClFNO3.